The minimum atomic E-state index is -0.947. The Morgan fingerprint density at radius 1 is 1.53 bits per heavy atom. The Morgan fingerprint density at radius 2 is 2.32 bits per heavy atom. The highest BCUT2D eigenvalue weighted by Gasteiger charge is 2.38. The summed E-state index contributed by atoms with van der Waals surface area (Å²) in [7, 11) is 1.57. The van der Waals surface area contributed by atoms with Gasteiger partial charge in [-0.05, 0) is 6.07 Å². The van der Waals surface area contributed by atoms with Gasteiger partial charge in [0, 0.05) is 19.2 Å². The number of nitrogens with one attached hydrogen (secondary N) is 1. The van der Waals surface area contributed by atoms with Crippen LogP contribution in [0.5, 0.6) is 0 Å². The normalized spacial score (nSPS) is 22.2. The smallest absolute Gasteiger partial charge is 0.317 e. The lowest BCUT2D eigenvalue weighted by Gasteiger charge is -2.26. The van der Waals surface area contributed by atoms with E-state index in [0.29, 0.717) is 6.54 Å². The van der Waals surface area contributed by atoms with E-state index in [2.05, 4.69) is 5.32 Å². The van der Waals surface area contributed by atoms with Crippen LogP contribution in [0.2, 0.25) is 0 Å². The molecule has 2 N–H and O–H groups in total. The molecule has 7 heteroatoms. The lowest BCUT2D eigenvalue weighted by atomic mass is 10.0. The van der Waals surface area contributed by atoms with E-state index in [1.54, 1.807) is 19.4 Å². The number of hydrogen-bond acceptors (Lipinski definition) is 4. The lowest BCUT2D eigenvalue weighted by Crippen LogP contribution is -2.48. The van der Waals surface area contributed by atoms with Crippen molar-refractivity contribution in [3.05, 3.63) is 24.2 Å². The molecule has 1 aromatic heterocycles. The molecule has 7 nitrogen and oxygen atoms in total. The van der Waals surface area contributed by atoms with Gasteiger partial charge < -0.3 is 24.5 Å². The number of nitrogens with zero attached hydrogens (tertiary/aromatic N) is 1. The maximum Gasteiger partial charge on any atom is 0.317 e. The van der Waals surface area contributed by atoms with Gasteiger partial charge in [0.25, 0.3) is 0 Å². The van der Waals surface area contributed by atoms with Crippen molar-refractivity contribution in [1.29, 1.82) is 0 Å². The molecule has 1 saturated heterocycles. The number of furan rings is 1. The first kappa shape index (κ1) is 13.4. The first-order chi connectivity index (χ1) is 9.09. The average Bonchev–Trinajstić information content (AvgIpc) is 3.05. The molecular weight excluding hydrogens is 252 g/mol. The summed E-state index contributed by atoms with van der Waals surface area (Å²) in [5, 5.41) is 11.7. The molecular formula is C12H16N2O5. The molecule has 1 aromatic rings. The van der Waals surface area contributed by atoms with E-state index >= 15 is 0 Å². The SMILES string of the molecule is CN(C(=O)NCc1ccoc1)C1COCC1C(=O)O. The molecule has 0 aliphatic carbocycles. The predicted octanol–water partition coefficient (Wildman–Crippen LogP) is 0.521. The summed E-state index contributed by atoms with van der Waals surface area (Å²) >= 11 is 0. The second-order valence-corrected chi connectivity index (χ2v) is 4.45. The Hall–Kier alpha value is -2.02. The first-order valence-corrected chi connectivity index (χ1v) is 5.92. The van der Waals surface area contributed by atoms with Gasteiger partial charge in [0.15, 0.2) is 0 Å². The van der Waals surface area contributed by atoms with Crippen LogP contribution < -0.4 is 5.32 Å². The molecule has 1 aliphatic heterocycles. The number of amides is 2. The summed E-state index contributed by atoms with van der Waals surface area (Å²) in [5.74, 6) is -1.62. The fraction of sp³-hybridized carbons (Fsp3) is 0.500. The van der Waals surface area contributed by atoms with Crippen LogP contribution in [0, 0.1) is 5.92 Å². The predicted molar refractivity (Wildman–Crippen MR) is 64.4 cm³/mol. The Labute approximate surface area is 110 Å². The third-order valence-corrected chi connectivity index (χ3v) is 3.21. The van der Waals surface area contributed by atoms with E-state index in [1.165, 1.54) is 11.2 Å². The summed E-state index contributed by atoms with van der Waals surface area (Å²) in [6.45, 7) is 0.719. The van der Waals surface area contributed by atoms with E-state index in [4.69, 9.17) is 14.3 Å². The molecule has 2 rings (SSSR count). The molecule has 2 atom stereocenters. The van der Waals surface area contributed by atoms with E-state index in [0.717, 1.165) is 5.56 Å². The second kappa shape index (κ2) is 5.75. The standard InChI is InChI=1S/C12H16N2O5/c1-14(10-7-19-6-9(10)11(15)16)12(17)13-4-8-2-3-18-5-8/h2-3,5,9-10H,4,6-7H2,1H3,(H,13,17)(H,15,16). The number of carbonyl (C=O) groups excluding carboxylic acids is 1. The summed E-state index contributed by atoms with van der Waals surface area (Å²) < 4.78 is 10.0. The van der Waals surface area contributed by atoms with Crippen LogP contribution in [0.4, 0.5) is 4.79 Å². The molecule has 0 saturated carbocycles. The zero-order valence-corrected chi connectivity index (χ0v) is 10.5. The zero-order valence-electron chi connectivity index (χ0n) is 10.5. The molecule has 0 spiro atoms. The third kappa shape index (κ3) is 3.05. The number of ether oxygens (including phenoxy) is 1. The number of carboxylic acid groups (broad SMARTS) is 1. The van der Waals surface area contributed by atoms with Crippen molar-refractivity contribution < 1.29 is 23.8 Å². The van der Waals surface area contributed by atoms with E-state index < -0.39 is 17.9 Å². The average molecular weight is 268 g/mol. The highest BCUT2D eigenvalue weighted by atomic mass is 16.5. The fourth-order valence-electron chi connectivity index (χ4n) is 2.01. The summed E-state index contributed by atoms with van der Waals surface area (Å²) in [6.07, 6.45) is 3.06. The quantitative estimate of drug-likeness (QED) is 0.830. The van der Waals surface area contributed by atoms with Crippen LogP contribution in [0.3, 0.4) is 0 Å². The van der Waals surface area contributed by atoms with Gasteiger partial charge in [-0.2, -0.15) is 0 Å². The van der Waals surface area contributed by atoms with Crippen LogP contribution >= 0.6 is 0 Å². The highest BCUT2D eigenvalue weighted by molar-refractivity contribution is 5.77. The Kier molecular flexibility index (Phi) is 4.06. The van der Waals surface area contributed by atoms with Crippen LogP contribution in [0.1, 0.15) is 5.56 Å². The van der Waals surface area contributed by atoms with Crippen LogP contribution in [0.25, 0.3) is 0 Å². The zero-order chi connectivity index (χ0) is 13.8. The van der Waals surface area contributed by atoms with E-state index in [9.17, 15) is 9.59 Å². The van der Waals surface area contributed by atoms with Crippen molar-refractivity contribution in [3.8, 4) is 0 Å². The topological polar surface area (TPSA) is 92.0 Å². The number of carboxylic acids is 1. The summed E-state index contributed by atoms with van der Waals surface area (Å²) in [5.41, 5.74) is 0.846. The second-order valence-electron chi connectivity index (χ2n) is 4.45. The third-order valence-electron chi connectivity index (χ3n) is 3.21. The van der Waals surface area contributed by atoms with Crippen LogP contribution in [-0.4, -0.2) is 48.3 Å². The molecule has 1 aliphatic rings. The van der Waals surface area contributed by atoms with Gasteiger partial charge in [0.05, 0.1) is 31.8 Å². The van der Waals surface area contributed by atoms with Crippen molar-refractivity contribution in [2.24, 2.45) is 5.92 Å². The largest absolute Gasteiger partial charge is 0.481 e. The molecule has 2 amide bonds. The van der Waals surface area contributed by atoms with Gasteiger partial charge in [0.1, 0.15) is 5.92 Å². The maximum atomic E-state index is 11.9. The van der Waals surface area contributed by atoms with Crippen molar-refractivity contribution in [1.82, 2.24) is 10.2 Å². The minimum absolute atomic E-state index is 0.138. The Bertz CT molecular complexity index is 445. The lowest BCUT2D eigenvalue weighted by molar-refractivity contribution is -0.142. The molecule has 19 heavy (non-hydrogen) atoms. The minimum Gasteiger partial charge on any atom is -0.481 e. The van der Waals surface area contributed by atoms with Crippen molar-refractivity contribution in [3.63, 3.8) is 0 Å². The summed E-state index contributed by atoms with van der Waals surface area (Å²) in [6, 6.07) is 0.976. The number of rotatable bonds is 4. The Balaban J connectivity index is 1.89. The molecule has 104 valence electrons. The number of hydrogen-bond donors (Lipinski definition) is 2. The van der Waals surface area contributed by atoms with E-state index in [-0.39, 0.29) is 19.2 Å². The molecule has 2 heterocycles. The van der Waals surface area contributed by atoms with Gasteiger partial charge in [-0.3, -0.25) is 4.79 Å². The van der Waals surface area contributed by atoms with Gasteiger partial charge in [-0.25, -0.2) is 4.79 Å². The fourth-order valence-corrected chi connectivity index (χ4v) is 2.01. The molecule has 0 radical (unpaired) electrons. The Morgan fingerprint density at radius 3 is 2.95 bits per heavy atom. The summed E-state index contributed by atoms with van der Waals surface area (Å²) in [4.78, 5) is 24.3. The molecule has 1 fully saturated rings. The molecule has 0 bridgehead atoms. The number of carbonyl (C=O) groups is 2. The highest BCUT2D eigenvalue weighted by Crippen LogP contribution is 2.19. The van der Waals surface area contributed by atoms with Gasteiger partial charge in [-0.1, -0.05) is 0 Å². The molecule has 2 unspecified atom stereocenters. The first-order valence-electron chi connectivity index (χ1n) is 5.92. The number of urea groups is 1. The van der Waals surface area contributed by atoms with Crippen molar-refractivity contribution in [2.45, 2.75) is 12.6 Å². The maximum absolute atomic E-state index is 11.9. The van der Waals surface area contributed by atoms with Gasteiger partial charge in [0.2, 0.25) is 0 Å². The van der Waals surface area contributed by atoms with Crippen molar-refractivity contribution >= 4 is 12.0 Å². The monoisotopic (exact) mass is 268 g/mol. The van der Waals surface area contributed by atoms with Crippen LogP contribution in [-0.2, 0) is 16.1 Å². The van der Waals surface area contributed by atoms with Gasteiger partial charge >= 0.3 is 12.0 Å². The van der Waals surface area contributed by atoms with Crippen molar-refractivity contribution in [2.75, 3.05) is 20.3 Å². The van der Waals surface area contributed by atoms with Gasteiger partial charge in [-0.15, -0.1) is 0 Å². The molecule has 0 aromatic carbocycles. The number of likely N-dealkylation sites (N-methyl/N-ethyl adjacent to an activating group) is 1. The number of aliphatic carboxylic acids is 1. The van der Waals surface area contributed by atoms with E-state index in [1.807, 2.05) is 0 Å². The van der Waals surface area contributed by atoms with Crippen LogP contribution in [0.15, 0.2) is 23.0 Å².